The molecule has 0 saturated heterocycles. The summed E-state index contributed by atoms with van der Waals surface area (Å²) in [5.41, 5.74) is 2.66. The number of hydrogen-bond donors (Lipinski definition) is 1. The highest BCUT2D eigenvalue weighted by Gasteiger charge is 2.16. The van der Waals surface area contributed by atoms with Crippen LogP contribution in [-0.2, 0) is 4.74 Å². The third-order valence-corrected chi connectivity index (χ3v) is 4.41. The number of carbonyl (C=O) groups excluding carboxylic acids is 2. The van der Waals surface area contributed by atoms with Crippen LogP contribution in [0, 0.1) is 0 Å². The van der Waals surface area contributed by atoms with E-state index >= 15 is 0 Å². The average Bonchev–Trinajstić information content (AvgIpc) is 2.74. The number of halogens is 1. The van der Waals surface area contributed by atoms with Crippen molar-refractivity contribution in [1.29, 1.82) is 0 Å². The largest absolute Gasteiger partial charge is 0.496 e. The molecule has 0 radical (unpaired) electrons. The van der Waals surface area contributed by atoms with Gasteiger partial charge in [-0.25, -0.2) is 4.79 Å². The predicted octanol–water partition coefficient (Wildman–Crippen LogP) is 5.05. The maximum Gasteiger partial charge on any atom is 0.340 e. The molecule has 0 atom stereocenters. The number of carbonyl (C=O) groups is 2. The molecule has 3 aromatic rings. The fourth-order valence-corrected chi connectivity index (χ4v) is 2.98. The van der Waals surface area contributed by atoms with Gasteiger partial charge >= 0.3 is 5.97 Å². The van der Waals surface area contributed by atoms with E-state index in [-0.39, 0.29) is 11.5 Å². The molecule has 0 unspecified atom stereocenters. The van der Waals surface area contributed by atoms with Gasteiger partial charge in [0.15, 0.2) is 0 Å². The molecule has 0 aliphatic rings. The Morgan fingerprint density at radius 3 is 2.46 bits per heavy atom. The van der Waals surface area contributed by atoms with Crippen molar-refractivity contribution in [1.82, 2.24) is 0 Å². The Hall–Kier alpha value is -3.31. The molecule has 28 heavy (non-hydrogen) atoms. The van der Waals surface area contributed by atoms with E-state index in [1.165, 1.54) is 13.2 Å². The zero-order chi connectivity index (χ0) is 20.1. The minimum atomic E-state index is -0.583. The third-order valence-electron chi connectivity index (χ3n) is 4.18. The van der Waals surface area contributed by atoms with Gasteiger partial charge in [0, 0.05) is 16.1 Å². The van der Waals surface area contributed by atoms with Crippen molar-refractivity contribution in [3.63, 3.8) is 0 Å². The second kappa shape index (κ2) is 8.59. The molecule has 6 heteroatoms. The smallest absolute Gasteiger partial charge is 0.340 e. The van der Waals surface area contributed by atoms with Gasteiger partial charge in [-0.15, -0.1) is 0 Å². The number of esters is 1. The first-order chi connectivity index (χ1) is 13.5. The molecule has 1 amide bonds. The van der Waals surface area contributed by atoms with E-state index in [1.807, 2.05) is 30.3 Å². The second-order valence-corrected chi connectivity index (χ2v) is 6.35. The van der Waals surface area contributed by atoms with Gasteiger partial charge in [0.1, 0.15) is 5.75 Å². The minimum absolute atomic E-state index is 0.184. The summed E-state index contributed by atoms with van der Waals surface area (Å²) >= 11 is 5.96. The Balaban J connectivity index is 1.92. The standard InChI is InChI=1S/C22H18ClNO4/c1-27-20-9-4-3-8-17(20)14-6-5-7-15(12-14)21(25)24-19-11-10-16(23)13-18(19)22(26)28-2/h3-13H,1-2H3,(H,24,25). The molecule has 0 saturated carbocycles. The van der Waals surface area contributed by atoms with Crippen molar-refractivity contribution in [2.75, 3.05) is 19.5 Å². The number of rotatable bonds is 5. The van der Waals surface area contributed by atoms with Crippen LogP contribution in [-0.4, -0.2) is 26.1 Å². The summed E-state index contributed by atoms with van der Waals surface area (Å²) in [6.07, 6.45) is 0. The van der Waals surface area contributed by atoms with Crippen molar-refractivity contribution in [2.24, 2.45) is 0 Å². The van der Waals surface area contributed by atoms with E-state index in [2.05, 4.69) is 5.32 Å². The Labute approximate surface area is 167 Å². The molecular weight excluding hydrogens is 378 g/mol. The highest BCUT2D eigenvalue weighted by atomic mass is 35.5. The van der Waals surface area contributed by atoms with Crippen LogP contribution in [0.2, 0.25) is 5.02 Å². The van der Waals surface area contributed by atoms with Crippen LogP contribution in [0.15, 0.2) is 66.7 Å². The first-order valence-corrected chi connectivity index (χ1v) is 8.84. The Morgan fingerprint density at radius 1 is 0.929 bits per heavy atom. The van der Waals surface area contributed by atoms with Crippen molar-refractivity contribution in [3.05, 3.63) is 82.9 Å². The molecule has 1 N–H and O–H groups in total. The lowest BCUT2D eigenvalue weighted by atomic mass is 10.0. The van der Waals surface area contributed by atoms with Gasteiger partial charge in [-0.2, -0.15) is 0 Å². The van der Waals surface area contributed by atoms with Crippen LogP contribution in [0.4, 0.5) is 5.69 Å². The number of ether oxygens (including phenoxy) is 2. The third kappa shape index (κ3) is 4.15. The van der Waals surface area contributed by atoms with Gasteiger partial charge in [-0.05, 0) is 42.0 Å². The van der Waals surface area contributed by atoms with Crippen LogP contribution >= 0.6 is 11.6 Å². The Bertz CT molecular complexity index is 1030. The average molecular weight is 396 g/mol. The monoisotopic (exact) mass is 395 g/mol. The first-order valence-electron chi connectivity index (χ1n) is 8.46. The molecule has 142 valence electrons. The predicted molar refractivity (Wildman–Crippen MR) is 109 cm³/mol. The minimum Gasteiger partial charge on any atom is -0.496 e. The summed E-state index contributed by atoms with van der Waals surface area (Å²) in [4.78, 5) is 24.7. The molecule has 3 rings (SSSR count). The molecule has 0 aliphatic heterocycles. The number of hydrogen-bond acceptors (Lipinski definition) is 4. The summed E-state index contributed by atoms with van der Waals surface area (Å²) < 4.78 is 10.2. The number of para-hydroxylation sites is 1. The molecule has 0 heterocycles. The number of amides is 1. The summed E-state index contributed by atoms with van der Waals surface area (Å²) in [7, 11) is 2.87. The second-order valence-electron chi connectivity index (χ2n) is 5.92. The van der Waals surface area contributed by atoms with Crippen LogP contribution in [0.3, 0.4) is 0 Å². The van der Waals surface area contributed by atoms with Gasteiger partial charge in [0.2, 0.25) is 0 Å². The molecule has 0 aromatic heterocycles. The number of methoxy groups -OCH3 is 2. The van der Waals surface area contributed by atoms with Gasteiger partial charge in [-0.3, -0.25) is 4.79 Å². The van der Waals surface area contributed by atoms with E-state index in [0.717, 1.165) is 11.1 Å². The zero-order valence-corrected chi connectivity index (χ0v) is 16.1. The highest BCUT2D eigenvalue weighted by Crippen LogP contribution is 2.30. The van der Waals surface area contributed by atoms with Crippen molar-refractivity contribution < 1.29 is 19.1 Å². The number of nitrogens with one attached hydrogen (secondary N) is 1. The highest BCUT2D eigenvalue weighted by molar-refractivity contribution is 6.31. The van der Waals surface area contributed by atoms with E-state index in [1.54, 1.807) is 37.4 Å². The van der Waals surface area contributed by atoms with Gasteiger partial charge in [-0.1, -0.05) is 41.9 Å². The van der Waals surface area contributed by atoms with E-state index < -0.39 is 5.97 Å². The van der Waals surface area contributed by atoms with E-state index in [0.29, 0.717) is 22.0 Å². The van der Waals surface area contributed by atoms with Gasteiger partial charge in [0.25, 0.3) is 5.91 Å². The maximum absolute atomic E-state index is 12.8. The summed E-state index contributed by atoms with van der Waals surface area (Å²) in [6.45, 7) is 0. The molecule has 0 bridgehead atoms. The lowest BCUT2D eigenvalue weighted by Crippen LogP contribution is -2.15. The van der Waals surface area contributed by atoms with Gasteiger partial charge < -0.3 is 14.8 Å². The van der Waals surface area contributed by atoms with E-state index in [4.69, 9.17) is 21.1 Å². The lowest BCUT2D eigenvalue weighted by Gasteiger charge is -2.12. The summed E-state index contributed by atoms with van der Waals surface area (Å²) in [5.74, 6) is -0.226. The fraction of sp³-hybridized carbons (Fsp3) is 0.0909. The molecule has 0 fully saturated rings. The van der Waals surface area contributed by atoms with Crippen molar-refractivity contribution in [3.8, 4) is 16.9 Å². The Kier molecular flexibility index (Phi) is 5.96. The topological polar surface area (TPSA) is 64.6 Å². The normalized spacial score (nSPS) is 10.2. The molecule has 5 nitrogen and oxygen atoms in total. The summed E-state index contributed by atoms with van der Waals surface area (Å²) in [6, 6.07) is 19.3. The molecule has 0 aliphatic carbocycles. The maximum atomic E-state index is 12.8. The summed E-state index contributed by atoms with van der Waals surface area (Å²) in [5, 5.41) is 3.12. The van der Waals surface area contributed by atoms with Crippen molar-refractivity contribution >= 4 is 29.2 Å². The fourth-order valence-electron chi connectivity index (χ4n) is 2.81. The SMILES string of the molecule is COC(=O)c1cc(Cl)ccc1NC(=O)c1cccc(-c2ccccc2OC)c1. The van der Waals surface area contributed by atoms with E-state index in [9.17, 15) is 9.59 Å². The van der Waals surface area contributed by atoms with Crippen LogP contribution in [0.5, 0.6) is 5.75 Å². The molecule has 3 aromatic carbocycles. The Morgan fingerprint density at radius 2 is 1.71 bits per heavy atom. The van der Waals surface area contributed by atoms with Crippen LogP contribution < -0.4 is 10.1 Å². The molecular formula is C22H18ClNO4. The lowest BCUT2D eigenvalue weighted by molar-refractivity contribution is 0.0602. The molecule has 0 spiro atoms. The zero-order valence-electron chi connectivity index (χ0n) is 15.4. The van der Waals surface area contributed by atoms with Crippen molar-refractivity contribution in [2.45, 2.75) is 0 Å². The quantitative estimate of drug-likeness (QED) is 0.613. The van der Waals surface area contributed by atoms with Crippen LogP contribution in [0.25, 0.3) is 11.1 Å². The number of anilines is 1. The van der Waals surface area contributed by atoms with Crippen LogP contribution in [0.1, 0.15) is 20.7 Å². The first kappa shape index (κ1) is 19.5. The van der Waals surface area contributed by atoms with Gasteiger partial charge in [0.05, 0.1) is 25.5 Å². The number of benzene rings is 3.